The normalized spacial score (nSPS) is 10.9. The number of nitrogens with zero attached hydrogens (tertiary/aromatic N) is 2. The van der Waals surface area contributed by atoms with Gasteiger partial charge in [0.1, 0.15) is 20.3 Å². The third-order valence-electron chi connectivity index (χ3n) is 5.92. The van der Waals surface area contributed by atoms with Gasteiger partial charge in [-0.05, 0) is 29.8 Å². The molecule has 1 heterocycles. The van der Waals surface area contributed by atoms with Crippen LogP contribution in [0.5, 0.6) is 0 Å². The second kappa shape index (κ2) is 10.3. The smallest absolute Gasteiger partial charge is 0.302 e. The molecule has 0 fully saturated rings. The van der Waals surface area contributed by atoms with E-state index in [2.05, 4.69) is 89.3 Å². The van der Waals surface area contributed by atoms with Crippen molar-refractivity contribution in [1.29, 1.82) is 0 Å². The van der Waals surface area contributed by atoms with Crippen LogP contribution in [0.2, 0.25) is 0 Å². The lowest BCUT2D eigenvalue weighted by molar-refractivity contribution is -0.617. The van der Waals surface area contributed by atoms with E-state index in [4.69, 9.17) is 9.47 Å². The Kier molecular flexibility index (Phi) is 7.07. The highest BCUT2D eigenvalue weighted by atomic mass is 16.5. The molecule has 1 aromatic heterocycles. The van der Waals surface area contributed by atoms with Gasteiger partial charge in [-0.25, -0.2) is 0 Å². The topological polar surface area (TPSA) is 59.7 Å². The van der Waals surface area contributed by atoms with Crippen molar-refractivity contribution in [1.82, 2.24) is 0 Å². The lowest BCUT2D eigenvalue weighted by Crippen LogP contribution is -2.31. The summed E-state index contributed by atoms with van der Waals surface area (Å²) in [6.45, 7) is 4.34. The minimum atomic E-state index is -0.314. The van der Waals surface area contributed by atoms with Crippen molar-refractivity contribution >= 4 is 39.4 Å². The number of aryl methyl sites for hydroxylation is 1. The minimum absolute atomic E-state index is 0.265. The highest BCUT2D eigenvalue weighted by Gasteiger charge is 2.18. The molecule has 3 aromatic carbocycles. The fourth-order valence-corrected chi connectivity index (χ4v) is 4.35. The maximum atomic E-state index is 11.2. The van der Waals surface area contributed by atoms with E-state index in [0.29, 0.717) is 13.1 Å². The molecule has 0 amide bonds. The number of hydrogen-bond acceptors (Lipinski definition) is 5. The van der Waals surface area contributed by atoms with Crippen LogP contribution in [0.15, 0.2) is 72.8 Å². The maximum absolute atomic E-state index is 11.2. The van der Waals surface area contributed by atoms with Gasteiger partial charge in [-0.15, -0.1) is 0 Å². The Labute approximate surface area is 199 Å². The first-order valence-corrected chi connectivity index (χ1v) is 11.4. The fraction of sp³-hybridized carbons (Fsp3) is 0.250. The summed E-state index contributed by atoms with van der Waals surface area (Å²) in [7, 11) is 2.10. The zero-order valence-electron chi connectivity index (χ0n) is 19.8. The van der Waals surface area contributed by atoms with Crippen LogP contribution in [-0.4, -0.2) is 38.2 Å². The van der Waals surface area contributed by atoms with Crippen molar-refractivity contribution in [3.63, 3.8) is 0 Å². The molecule has 0 radical (unpaired) electrons. The first-order chi connectivity index (χ1) is 16.5. The van der Waals surface area contributed by atoms with E-state index < -0.39 is 0 Å². The number of rotatable bonds is 8. The van der Waals surface area contributed by atoms with Gasteiger partial charge in [0.2, 0.25) is 11.0 Å². The summed E-state index contributed by atoms with van der Waals surface area (Å²) in [5, 5.41) is 2.39. The number of ether oxygens (including phenoxy) is 2. The molecule has 0 spiro atoms. The number of benzene rings is 3. The standard InChI is InChI=1S/C28H29N2O4/c1-20(31)33-18-16-30(17-19-34-21(2)32)23-14-12-22(13-15-23)28-24-8-4-6-10-26(24)29(3)27-11-7-5-9-25(27)28/h4-15H,16-19H2,1-3H3/q+1. The summed E-state index contributed by atoms with van der Waals surface area (Å²) in [4.78, 5) is 24.4. The predicted molar refractivity (Wildman–Crippen MR) is 134 cm³/mol. The molecule has 4 rings (SSSR count). The summed E-state index contributed by atoms with van der Waals surface area (Å²) in [5.41, 5.74) is 5.63. The predicted octanol–water partition coefficient (Wildman–Crippen LogP) is 4.42. The number of para-hydroxylation sites is 2. The van der Waals surface area contributed by atoms with Gasteiger partial charge < -0.3 is 14.4 Å². The fourth-order valence-electron chi connectivity index (χ4n) is 4.35. The molecule has 0 saturated heterocycles. The van der Waals surface area contributed by atoms with Crippen LogP contribution >= 0.6 is 0 Å². The molecule has 34 heavy (non-hydrogen) atoms. The summed E-state index contributed by atoms with van der Waals surface area (Å²) < 4.78 is 12.5. The van der Waals surface area contributed by atoms with Crippen molar-refractivity contribution in [3.8, 4) is 11.1 Å². The molecule has 0 aliphatic rings. The van der Waals surface area contributed by atoms with Gasteiger partial charge in [-0.3, -0.25) is 9.59 Å². The van der Waals surface area contributed by atoms with Crippen molar-refractivity contribution in [2.24, 2.45) is 7.05 Å². The number of pyridine rings is 1. The number of aromatic nitrogens is 1. The number of carbonyl (C=O) groups excluding carboxylic acids is 2. The van der Waals surface area contributed by atoms with Crippen molar-refractivity contribution in [2.75, 3.05) is 31.2 Å². The number of hydrogen-bond donors (Lipinski definition) is 0. The largest absolute Gasteiger partial charge is 0.464 e. The second-order valence-corrected chi connectivity index (χ2v) is 8.18. The Hall–Kier alpha value is -3.93. The summed E-state index contributed by atoms with van der Waals surface area (Å²) in [6.07, 6.45) is 0. The first-order valence-electron chi connectivity index (χ1n) is 11.4. The Morgan fingerprint density at radius 3 is 1.68 bits per heavy atom. The molecule has 6 heteroatoms. The van der Waals surface area contributed by atoms with Gasteiger partial charge in [0.15, 0.2) is 0 Å². The summed E-state index contributed by atoms with van der Waals surface area (Å²) in [6, 6.07) is 25.2. The average Bonchev–Trinajstić information content (AvgIpc) is 2.83. The third kappa shape index (κ3) is 5.01. The van der Waals surface area contributed by atoms with Gasteiger partial charge in [0.05, 0.1) is 23.9 Å². The molecule has 0 bridgehead atoms. The van der Waals surface area contributed by atoms with Crippen LogP contribution in [0.3, 0.4) is 0 Å². The molecule has 0 N–H and O–H groups in total. The molecule has 0 unspecified atom stereocenters. The molecular formula is C28H29N2O4+. The number of fused-ring (bicyclic) bond motifs is 2. The average molecular weight is 458 g/mol. The van der Waals surface area contributed by atoms with Crippen molar-refractivity contribution in [2.45, 2.75) is 13.8 Å². The van der Waals surface area contributed by atoms with Gasteiger partial charge >= 0.3 is 11.9 Å². The molecule has 4 aromatic rings. The van der Waals surface area contributed by atoms with Crippen molar-refractivity contribution in [3.05, 3.63) is 72.8 Å². The van der Waals surface area contributed by atoms with E-state index in [-0.39, 0.29) is 25.2 Å². The summed E-state index contributed by atoms with van der Waals surface area (Å²) >= 11 is 0. The van der Waals surface area contributed by atoms with E-state index in [0.717, 1.165) is 11.3 Å². The van der Waals surface area contributed by atoms with Crippen LogP contribution in [0, 0.1) is 0 Å². The lowest BCUT2D eigenvalue weighted by Gasteiger charge is -2.24. The highest BCUT2D eigenvalue weighted by molar-refractivity contribution is 6.07. The Balaban J connectivity index is 1.71. The molecule has 0 aliphatic heterocycles. The Morgan fingerprint density at radius 1 is 0.735 bits per heavy atom. The zero-order chi connectivity index (χ0) is 24.1. The third-order valence-corrected chi connectivity index (χ3v) is 5.92. The van der Waals surface area contributed by atoms with Crippen LogP contribution in [-0.2, 0) is 26.1 Å². The highest BCUT2D eigenvalue weighted by Crippen LogP contribution is 2.34. The molecule has 0 atom stereocenters. The summed E-state index contributed by atoms with van der Waals surface area (Å²) in [5.74, 6) is -0.627. The van der Waals surface area contributed by atoms with Crippen LogP contribution in [0.4, 0.5) is 5.69 Å². The zero-order valence-corrected chi connectivity index (χ0v) is 19.8. The van der Waals surface area contributed by atoms with Crippen molar-refractivity contribution < 1.29 is 23.6 Å². The maximum Gasteiger partial charge on any atom is 0.302 e. The SMILES string of the molecule is CC(=O)OCCN(CCOC(C)=O)c1ccc(-c2c3ccccc3[n+](C)c3ccccc23)cc1. The van der Waals surface area contributed by atoms with E-state index in [1.54, 1.807) is 0 Å². The molecule has 0 saturated carbocycles. The van der Waals surface area contributed by atoms with E-state index >= 15 is 0 Å². The van der Waals surface area contributed by atoms with Gasteiger partial charge in [-0.1, -0.05) is 36.4 Å². The van der Waals surface area contributed by atoms with E-state index in [1.807, 2.05) is 0 Å². The molecule has 0 aliphatic carbocycles. The van der Waals surface area contributed by atoms with Crippen LogP contribution in [0.25, 0.3) is 32.9 Å². The quantitative estimate of drug-likeness (QED) is 0.223. The molecule has 174 valence electrons. The van der Waals surface area contributed by atoms with Crippen LogP contribution < -0.4 is 9.47 Å². The van der Waals surface area contributed by atoms with Gasteiger partial charge in [0.25, 0.3) is 0 Å². The van der Waals surface area contributed by atoms with E-state index in [1.165, 1.54) is 41.2 Å². The Morgan fingerprint density at radius 2 is 1.21 bits per heavy atom. The number of carbonyl (C=O) groups is 2. The molecule has 6 nitrogen and oxygen atoms in total. The van der Waals surface area contributed by atoms with Gasteiger partial charge in [-0.2, -0.15) is 4.57 Å². The van der Waals surface area contributed by atoms with Gasteiger partial charge in [0, 0.05) is 37.2 Å². The Bertz CT molecular complexity index is 1250. The van der Waals surface area contributed by atoms with Crippen LogP contribution in [0.1, 0.15) is 13.8 Å². The molecular weight excluding hydrogens is 428 g/mol. The monoisotopic (exact) mass is 457 g/mol. The number of esters is 2. The number of anilines is 1. The second-order valence-electron chi connectivity index (χ2n) is 8.18. The minimum Gasteiger partial charge on any atom is -0.464 e. The van der Waals surface area contributed by atoms with E-state index in [9.17, 15) is 9.59 Å². The first kappa shape index (κ1) is 23.2. The lowest BCUT2D eigenvalue weighted by atomic mass is 9.95.